The first kappa shape index (κ1) is 14.0. The molecule has 0 aromatic heterocycles. The predicted octanol–water partition coefficient (Wildman–Crippen LogP) is 5.28. The van der Waals surface area contributed by atoms with E-state index in [1.807, 2.05) is 0 Å². The topological polar surface area (TPSA) is 0 Å². The fraction of sp³-hybridized carbons (Fsp3) is 1.00. The van der Waals surface area contributed by atoms with Crippen LogP contribution in [0.3, 0.4) is 0 Å². The lowest BCUT2D eigenvalue weighted by Crippen LogP contribution is -2.44. The van der Waals surface area contributed by atoms with E-state index < -0.39 is 0 Å². The Kier molecular flexibility index (Phi) is 4.24. The first-order valence-electron chi connectivity index (χ1n) is 6.12. The van der Waals surface area contributed by atoms with Gasteiger partial charge in [-0.2, -0.15) is 0 Å². The van der Waals surface area contributed by atoms with Gasteiger partial charge in [0.25, 0.3) is 0 Å². The van der Waals surface area contributed by atoms with Crippen LogP contribution in [0.25, 0.3) is 0 Å². The average Bonchev–Trinajstić information content (AvgIpc) is 2.02. The summed E-state index contributed by atoms with van der Waals surface area (Å²) in [5.74, 6) is 0. The van der Waals surface area contributed by atoms with Gasteiger partial charge in [0.15, 0.2) is 0 Å². The molecule has 0 aromatic carbocycles. The van der Waals surface area contributed by atoms with Crippen molar-refractivity contribution in [1.82, 2.24) is 0 Å². The molecule has 0 aliphatic heterocycles. The molecule has 0 aromatic rings. The second-order valence-electron chi connectivity index (χ2n) is 6.54. The molecule has 0 amide bonds. The standard InChI is InChI=1S/C14H30/c1-9-11-14(8,10-2)13(6,7)12(3,4)5/h9-11H2,1-8H3. The molecule has 0 aliphatic rings. The van der Waals surface area contributed by atoms with Gasteiger partial charge in [-0.25, -0.2) is 0 Å². The fourth-order valence-electron chi connectivity index (χ4n) is 2.39. The van der Waals surface area contributed by atoms with Crippen molar-refractivity contribution in [2.24, 2.45) is 16.2 Å². The lowest BCUT2D eigenvalue weighted by Gasteiger charge is -2.52. The lowest BCUT2D eigenvalue weighted by molar-refractivity contribution is -0.0297. The minimum atomic E-state index is 0.382. The van der Waals surface area contributed by atoms with Crippen LogP contribution in [0.5, 0.6) is 0 Å². The third-order valence-corrected chi connectivity index (χ3v) is 4.97. The Hall–Kier alpha value is 0. The molecule has 0 nitrogen and oxygen atoms in total. The molecule has 0 rings (SSSR count). The molecule has 0 radical (unpaired) electrons. The molecule has 0 aliphatic carbocycles. The summed E-state index contributed by atoms with van der Waals surface area (Å²) in [5, 5.41) is 0. The number of hydrogen-bond donors (Lipinski definition) is 0. The average molecular weight is 198 g/mol. The third kappa shape index (κ3) is 2.32. The third-order valence-electron chi connectivity index (χ3n) is 4.97. The molecule has 0 saturated carbocycles. The van der Waals surface area contributed by atoms with E-state index in [0.717, 1.165) is 0 Å². The van der Waals surface area contributed by atoms with Crippen molar-refractivity contribution in [2.75, 3.05) is 0 Å². The molecule has 1 atom stereocenters. The molecule has 0 heterocycles. The van der Waals surface area contributed by atoms with Crippen LogP contribution in [0.2, 0.25) is 0 Å². The Bertz CT molecular complexity index is 171. The lowest BCUT2D eigenvalue weighted by atomic mass is 9.53. The van der Waals surface area contributed by atoms with Crippen LogP contribution in [0.1, 0.15) is 74.7 Å². The monoisotopic (exact) mass is 198 g/mol. The summed E-state index contributed by atoms with van der Waals surface area (Å²) in [6, 6.07) is 0. The van der Waals surface area contributed by atoms with Gasteiger partial charge in [-0.1, -0.05) is 68.2 Å². The Morgan fingerprint density at radius 1 is 0.786 bits per heavy atom. The second kappa shape index (κ2) is 4.24. The van der Waals surface area contributed by atoms with Gasteiger partial charge >= 0.3 is 0 Å². The minimum absolute atomic E-state index is 0.382. The highest BCUT2D eigenvalue weighted by Crippen LogP contribution is 2.54. The number of rotatable bonds is 4. The second-order valence-corrected chi connectivity index (χ2v) is 6.54. The fourth-order valence-corrected chi connectivity index (χ4v) is 2.39. The molecule has 0 bridgehead atoms. The maximum atomic E-state index is 2.46. The maximum Gasteiger partial charge on any atom is -0.0252 e. The van der Waals surface area contributed by atoms with E-state index >= 15 is 0 Å². The summed E-state index contributed by atoms with van der Waals surface area (Å²) in [7, 11) is 0. The Morgan fingerprint density at radius 2 is 1.21 bits per heavy atom. The highest BCUT2D eigenvalue weighted by Gasteiger charge is 2.46. The predicted molar refractivity (Wildman–Crippen MR) is 66.5 cm³/mol. The van der Waals surface area contributed by atoms with Crippen LogP contribution >= 0.6 is 0 Å². The van der Waals surface area contributed by atoms with Crippen LogP contribution in [0.15, 0.2) is 0 Å². The Morgan fingerprint density at radius 3 is 1.43 bits per heavy atom. The summed E-state index contributed by atoms with van der Waals surface area (Å²) in [5.41, 5.74) is 1.25. The van der Waals surface area contributed by atoms with Gasteiger partial charge < -0.3 is 0 Å². The SMILES string of the molecule is CCCC(C)(CC)C(C)(C)C(C)(C)C. The highest BCUT2D eigenvalue weighted by atomic mass is 14.5. The number of hydrogen-bond acceptors (Lipinski definition) is 0. The molecule has 86 valence electrons. The summed E-state index contributed by atoms with van der Waals surface area (Å²) < 4.78 is 0. The van der Waals surface area contributed by atoms with Crippen LogP contribution in [0.4, 0.5) is 0 Å². The van der Waals surface area contributed by atoms with E-state index in [0.29, 0.717) is 16.2 Å². The van der Waals surface area contributed by atoms with Crippen molar-refractivity contribution in [1.29, 1.82) is 0 Å². The van der Waals surface area contributed by atoms with E-state index in [1.165, 1.54) is 19.3 Å². The molecule has 14 heavy (non-hydrogen) atoms. The van der Waals surface area contributed by atoms with Gasteiger partial charge in [-0.3, -0.25) is 0 Å². The van der Waals surface area contributed by atoms with Gasteiger partial charge in [0.2, 0.25) is 0 Å². The molecule has 0 N–H and O–H groups in total. The summed E-state index contributed by atoms with van der Waals surface area (Å²) >= 11 is 0. The van der Waals surface area contributed by atoms with E-state index in [4.69, 9.17) is 0 Å². The highest BCUT2D eigenvalue weighted by molar-refractivity contribution is 4.95. The smallest absolute Gasteiger partial charge is 0.0252 e. The van der Waals surface area contributed by atoms with Crippen molar-refractivity contribution in [3.05, 3.63) is 0 Å². The Labute approximate surface area is 91.5 Å². The summed E-state index contributed by atoms with van der Waals surface area (Å²) in [6.45, 7) is 19.1. The van der Waals surface area contributed by atoms with E-state index in [1.54, 1.807) is 0 Å². The van der Waals surface area contributed by atoms with Gasteiger partial charge in [0.1, 0.15) is 0 Å². The first-order chi connectivity index (χ1) is 6.12. The molecule has 0 spiro atoms. The zero-order chi connectivity index (χ0) is 11.6. The largest absolute Gasteiger partial charge is 0.0654 e. The quantitative estimate of drug-likeness (QED) is 0.577. The summed E-state index contributed by atoms with van der Waals surface area (Å²) in [6.07, 6.45) is 3.92. The molecular formula is C14H30. The zero-order valence-corrected chi connectivity index (χ0v) is 11.6. The van der Waals surface area contributed by atoms with Gasteiger partial charge in [-0.15, -0.1) is 0 Å². The molecule has 0 saturated heterocycles. The van der Waals surface area contributed by atoms with E-state index in [9.17, 15) is 0 Å². The van der Waals surface area contributed by atoms with Gasteiger partial charge in [0, 0.05) is 0 Å². The van der Waals surface area contributed by atoms with Crippen molar-refractivity contribution < 1.29 is 0 Å². The van der Waals surface area contributed by atoms with E-state index in [2.05, 4.69) is 55.4 Å². The van der Waals surface area contributed by atoms with Crippen molar-refractivity contribution in [3.8, 4) is 0 Å². The van der Waals surface area contributed by atoms with Crippen molar-refractivity contribution in [2.45, 2.75) is 74.7 Å². The van der Waals surface area contributed by atoms with Crippen LogP contribution in [0, 0.1) is 16.2 Å². The normalized spacial score (nSPS) is 18.0. The van der Waals surface area contributed by atoms with Crippen molar-refractivity contribution in [3.63, 3.8) is 0 Å². The van der Waals surface area contributed by atoms with E-state index in [-0.39, 0.29) is 0 Å². The molecule has 1 unspecified atom stereocenters. The molecular weight excluding hydrogens is 168 g/mol. The van der Waals surface area contributed by atoms with Crippen LogP contribution < -0.4 is 0 Å². The summed E-state index contributed by atoms with van der Waals surface area (Å²) in [4.78, 5) is 0. The first-order valence-corrected chi connectivity index (χ1v) is 6.12. The van der Waals surface area contributed by atoms with Crippen LogP contribution in [-0.2, 0) is 0 Å². The van der Waals surface area contributed by atoms with Crippen LogP contribution in [-0.4, -0.2) is 0 Å². The Balaban J connectivity index is 5.00. The van der Waals surface area contributed by atoms with Crippen molar-refractivity contribution >= 4 is 0 Å². The zero-order valence-electron chi connectivity index (χ0n) is 11.6. The molecule has 0 heteroatoms. The minimum Gasteiger partial charge on any atom is -0.0654 e. The maximum absolute atomic E-state index is 2.46. The molecule has 0 fully saturated rings. The van der Waals surface area contributed by atoms with Gasteiger partial charge in [-0.05, 0) is 22.7 Å². The van der Waals surface area contributed by atoms with Gasteiger partial charge in [0.05, 0.1) is 0 Å².